The quantitative estimate of drug-likeness (QED) is 0.871. The van der Waals surface area contributed by atoms with Crippen molar-refractivity contribution in [2.45, 2.75) is 18.8 Å². The summed E-state index contributed by atoms with van der Waals surface area (Å²) in [5, 5.41) is 3.92. The van der Waals surface area contributed by atoms with Crippen LogP contribution in [-0.2, 0) is 11.3 Å². The number of morpholine rings is 1. The van der Waals surface area contributed by atoms with E-state index in [4.69, 9.17) is 9.26 Å². The van der Waals surface area contributed by atoms with Crippen LogP contribution in [-0.4, -0.2) is 47.0 Å². The molecular weight excluding hydrogens is 299 g/mol. The molecule has 1 saturated heterocycles. The van der Waals surface area contributed by atoms with Gasteiger partial charge in [-0.25, -0.2) is 0 Å². The van der Waals surface area contributed by atoms with Gasteiger partial charge in [-0.2, -0.15) is 13.2 Å². The first-order chi connectivity index (χ1) is 10.5. The van der Waals surface area contributed by atoms with Crippen LogP contribution in [0.1, 0.15) is 5.76 Å². The third-order valence-electron chi connectivity index (χ3n) is 3.41. The van der Waals surface area contributed by atoms with Gasteiger partial charge in [-0.15, -0.1) is 0 Å². The smallest absolute Gasteiger partial charge is 0.366 e. The third kappa shape index (κ3) is 3.45. The molecule has 0 saturated carbocycles. The van der Waals surface area contributed by atoms with Crippen LogP contribution in [0.5, 0.6) is 0 Å². The Morgan fingerprint density at radius 1 is 1.36 bits per heavy atom. The van der Waals surface area contributed by atoms with E-state index in [-0.39, 0.29) is 19.7 Å². The zero-order valence-electron chi connectivity index (χ0n) is 11.6. The monoisotopic (exact) mass is 313 g/mol. The van der Waals surface area contributed by atoms with Gasteiger partial charge in [0.25, 0.3) is 0 Å². The van der Waals surface area contributed by atoms with Crippen molar-refractivity contribution >= 4 is 0 Å². The maximum absolute atomic E-state index is 12.7. The summed E-state index contributed by atoms with van der Waals surface area (Å²) in [6.45, 7) is 0.541. The van der Waals surface area contributed by atoms with E-state index in [9.17, 15) is 13.2 Å². The van der Waals surface area contributed by atoms with Gasteiger partial charge in [0, 0.05) is 37.1 Å². The SMILES string of the molecule is FC(F)(F)C1CN(Cc2cc(-c3cccnc3)no2)CCO1. The van der Waals surface area contributed by atoms with E-state index in [1.54, 1.807) is 29.4 Å². The molecule has 8 heteroatoms. The number of hydrogen-bond acceptors (Lipinski definition) is 5. The molecular formula is C14H14F3N3O2. The number of aromatic nitrogens is 2. The van der Waals surface area contributed by atoms with E-state index in [0.717, 1.165) is 5.56 Å². The normalized spacial score (nSPS) is 20.2. The minimum Gasteiger partial charge on any atom is -0.366 e. The standard InChI is InChI=1S/C14H14F3N3O2/c15-14(16,17)13-9-20(4-5-21-13)8-11-6-12(19-22-11)10-2-1-3-18-7-10/h1-3,6-7,13H,4-5,8-9H2. The Bertz CT molecular complexity index is 615. The van der Waals surface area contributed by atoms with E-state index in [1.165, 1.54) is 0 Å². The second-order valence-electron chi connectivity index (χ2n) is 5.06. The number of alkyl halides is 3. The third-order valence-corrected chi connectivity index (χ3v) is 3.41. The Labute approximate surface area is 124 Å². The molecule has 0 N–H and O–H groups in total. The van der Waals surface area contributed by atoms with E-state index in [1.807, 2.05) is 6.07 Å². The maximum Gasteiger partial charge on any atom is 0.415 e. The molecule has 0 aliphatic carbocycles. The van der Waals surface area contributed by atoms with Gasteiger partial charge in [0.2, 0.25) is 0 Å². The number of rotatable bonds is 3. The Morgan fingerprint density at radius 2 is 2.23 bits per heavy atom. The summed E-state index contributed by atoms with van der Waals surface area (Å²) in [4.78, 5) is 5.64. The highest BCUT2D eigenvalue weighted by atomic mass is 19.4. The van der Waals surface area contributed by atoms with E-state index in [2.05, 4.69) is 10.1 Å². The van der Waals surface area contributed by atoms with Crippen molar-refractivity contribution in [1.82, 2.24) is 15.0 Å². The molecule has 1 aliphatic heterocycles. The molecule has 3 rings (SSSR count). The molecule has 118 valence electrons. The fraction of sp³-hybridized carbons (Fsp3) is 0.429. The molecule has 2 aromatic heterocycles. The van der Waals surface area contributed by atoms with E-state index >= 15 is 0 Å². The first-order valence-corrected chi connectivity index (χ1v) is 6.79. The van der Waals surface area contributed by atoms with Gasteiger partial charge in [-0.3, -0.25) is 9.88 Å². The summed E-state index contributed by atoms with van der Waals surface area (Å²) >= 11 is 0. The molecule has 0 amide bonds. The number of hydrogen-bond donors (Lipinski definition) is 0. The van der Waals surface area contributed by atoms with Crippen LogP contribution in [0.15, 0.2) is 35.1 Å². The molecule has 0 bridgehead atoms. The Hall–Kier alpha value is -1.93. The lowest BCUT2D eigenvalue weighted by molar-refractivity contribution is -0.238. The number of pyridine rings is 1. The highest BCUT2D eigenvalue weighted by Gasteiger charge is 2.43. The highest BCUT2D eigenvalue weighted by Crippen LogP contribution is 2.26. The number of nitrogens with zero attached hydrogens (tertiary/aromatic N) is 3. The molecule has 3 heterocycles. The van der Waals surface area contributed by atoms with Gasteiger partial charge in [0.15, 0.2) is 11.9 Å². The predicted molar refractivity (Wildman–Crippen MR) is 70.8 cm³/mol. The minimum atomic E-state index is -4.35. The molecule has 1 aliphatic rings. The topological polar surface area (TPSA) is 51.4 Å². The molecule has 0 aromatic carbocycles. The second kappa shape index (κ2) is 6.05. The lowest BCUT2D eigenvalue weighted by Gasteiger charge is -2.33. The summed E-state index contributed by atoms with van der Waals surface area (Å²) in [6, 6.07) is 5.33. The summed E-state index contributed by atoms with van der Waals surface area (Å²) in [6.07, 6.45) is -2.80. The first kappa shape index (κ1) is 15.0. The summed E-state index contributed by atoms with van der Waals surface area (Å²) < 4.78 is 48.0. The molecule has 5 nitrogen and oxygen atoms in total. The molecule has 1 fully saturated rings. The maximum atomic E-state index is 12.7. The van der Waals surface area contributed by atoms with Gasteiger partial charge in [-0.1, -0.05) is 5.16 Å². The van der Waals surface area contributed by atoms with Crippen LogP contribution in [0.25, 0.3) is 11.3 Å². The number of ether oxygens (including phenoxy) is 1. The second-order valence-corrected chi connectivity index (χ2v) is 5.06. The highest BCUT2D eigenvalue weighted by molar-refractivity contribution is 5.57. The van der Waals surface area contributed by atoms with Gasteiger partial charge in [0.1, 0.15) is 5.69 Å². The van der Waals surface area contributed by atoms with Gasteiger partial charge in [0.05, 0.1) is 13.2 Å². The zero-order valence-corrected chi connectivity index (χ0v) is 11.6. The average molecular weight is 313 g/mol. The van der Waals surface area contributed by atoms with Crippen molar-refractivity contribution < 1.29 is 22.4 Å². The zero-order chi connectivity index (χ0) is 15.6. The summed E-state index contributed by atoms with van der Waals surface area (Å²) in [5.74, 6) is 0.515. The lowest BCUT2D eigenvalue weighted by Crippen LogP contribution is -2.48. The van der Waals surface area contributed by atoms with Crippen molar-refractivity contribution in [3.8, 4) is 11.3 Å². The Morgan fingerprint density at radius 3 is 2.95 bits per heavy atom. The van der Waals surface area contributed by atoms with Crippen molar-refractivity contribution in [2.75, 3.05) is 19.7 Å². The summed E-state index contributed by atoms with van der Waals surface area (Å²) in [7, 11) is 0. The van der Waals surface area contributed by atoms with E-state index < -0.39 is 12.3 Å². The lowest BCUT2D eigenvalue weighted by atomic mass is 10.2. The Kier molecular flexibility index (Phi) is 4.12. The molecule has 0 radical (unpaired) electrons. The van der Waals surface area contributed by atoms with Crippen LogP contribution in [0.2, 0.25) is 0 Å². The van der Waals surface area contributed by atoms with Crippen molar-refractivity contribution in [3.63, 3.8) is 0 Å². The molecule has 1 unspecified atom stereocenters. The predicted octanol–water partition coefficient (Wildman–Crippen LogP) is 2.50. The minimum absolute atomic E-state index is 0.0494. The van der Waals surface area contributed by atoms with Gasteiger partial charge in [-0.05, 0) is 12.1 Å². The fourth-order valence-electron chi connectivity index (χ4n) is 2.30. The van der Waals surface area contributed by atoms with Crippen LogP contribution in [0.4, 0.5) is 13.2 Å². The fourth-order valence-corrected chi connectivity index (χ4v) is 2.30. The van der Waals surface area contributed by atoms with Crippen molar-refractivity contribution in [2.24, 2.45) is 0 Å². The molecule has 2 aromatic rings. The first-order valence-electron chi connectivity index (χ1n) is 6.79. The number of halogens is 3. The van der Waals surface area contributed by atoms with Crippen LogP contribution >= 0.6 is 0 Å². The molecule has 22 heavy (non-hydrogen) atoms. The van der Waals surface area contributed by atoms with Crippen LogP contribution < -0.4 is 0 Å². The molecule has 1 atom stereocenters. The summed E-state index contributed by atoms with van der Waals surface area (Å²) in [5.41, 5.74) is 1.41. The van der Waals surface area contributed by atoms with Gasteiger partial charge >= 0.3 is 6.18 Å². The van der Waals surface area contributed by atoms with Crippen molar-refractivity contribution in [3.05, 3.63) is 36.4 Å². The van der Waals surface area contributed by atoms with E-state index in [0.29, 0.717) is 18.0 Å². The van der Waals surface area contributed by atoms with Crippen LogP contribution in [0, 0.1) is 0 Å². The largest absolute Gasteiger partial charge is 0.415 e. The van der Waals surface area contributed by atoms with Crippen LogP contribution in [0.3, 0.4) is 0 Å². The average Bonchev–Trinajstić information content (AvgIpc) is 2.96. The Balaban J connectivity index is 1.65. The van der Waals surface area contributed by atoms with Crippen molar-refractivity contribution in [1.29, 1.82) is 0 Å². The van der Waals surface area contributed by atoms with Gasteiger partial charge < -0.3 is 9.26 Å². The molecule has 0 spiro atoms.